The van der Waals surface area contributed by atoms with Crippen molar-refractivity contribution in [2.75, 3.05) is 6.61 Å². The molecule has 0 heterocycles. The molecule has 2 unspecified atom stereocenters. The lowest BCUT2D eigenvalue weighted by Crippen LogP contribution is -2.48. The van der Waals surface area contributed by atoms with Gasteiger partial charge in [-0.25, -0.2) is 4.39 Å². The molecule has 1 aromatic rings. The number of rotatable bonds is 9. The van der Waals surface area contributed by atoms with Crippen LogP contribution < -0.4 is 15.8 Å². The first-order valence-corrected chi connectivity index (χ1v) is 7.41. The maximum atomic E-state index is 12.7. The summed E-state index contributed by atoms with van der Waals surface area (Å²) in [5, 5.41) is 2.65. The fourth-order valence-corrected chi connectivity index (χ4v) is 1.93. The maximum absolute atomic E-state index is 12.7. The van der Waals surface area contributed by atoms with Crippen LogP contribution in [0.25, 0.3) is 0 Å². The first-order valence-electron chi connectivity index (χ1n) is 7.41. The minimum absolute atomic E-state index is 0.00286. The van der Waals surface area contributed by atoms with E-state index in [4.69, 9.17) is 10.5 Å². The van der Waals surface area contributed by atoms with Gasteiger partial charge in [0.15, 0.2) is 0 Å². The van der Waals surface area contributed by atoms with Crippen LogP contribution in [0.15, 0.2) is 24.3 Å². The van der Waals surface area contributed by atoms with Crippen molar-refractivity contribution in [3.8, 4) is 5.75 Å². The monoisotopic (exact) mass is 310 g/mol. The van der Waals surface area contributed by atoms with Gasteiger partial charge in [0.1, 0.15) is 17.6 Å². The molecule has 6 heteroatoms. The van der Waals surface area contributed by atoms with Crippen LogP contribution in [-0.4, -0.2) is 24.5 Å². The highest BCUT2D eigenvalue weighted by Gasteiger charge is 2.23. The molecule has 0 spiro atoms. The maximum Gasteiger partial charge on any atom is 0.240 e. The summed E-state index contributed by atoms with van der Waals surface area (Å²) in [6.45, 7) is 4.14. The van der Waals surface area contributed by atoms with Crippen molar-refractivity contribution in [3.63, 3.8) is 0 Å². The number of primary amides is 1. The van der Waals surface area contributed by atoms with Crippen LogP contribution in [0, 0.1) is 11.7 Å². The molecule has 0 aliphatic heterocycles. The topological polar surface area (TPSA) is 81.4 Å². The smallest absolute Gasteiger partial charge is 0.240 e. The molecule has 0 fully saturated rings. The van der Waals surface area contributed by atoms with Gasteiger partial charge < -0.3 is 15.8 Å². The Bertz CT molecular complexity index is 491. The SMILES string of the molecule is CCC(C)C(NC(=O)CCCOc1ccc(F)cc1)C(N)=O. The molecular weight excluding hydrogens is 287 g/mol. The summed E-state index contributed by atoms with van der Waals surface area (Å²) in [6, 6.07) is 5.04. The molecule has 3 N–H and O–H groups in total. The lowest BCUT2D eigenvalue weighted by atomic mass is 9.98. The van der Waals surface area contributed by atoms with E-state index < -0.39 is 11.9 Å². The molecule has 1 aromatic carbocycles. The van der Waals surface area contributed by atoms with Crippen molar-refractivity contribution in [2.45, 2.75) is 39.2 Å². The van der Waals surface area contributed by atoms with E-state index in [2.05, 4.69) is 5.32 Å². The number of amides is 2. The number of nitrogens with one attached hydrogen (secondary N) is 1. The zero-order valence-electron chi connectivity index (χ0n) is 13.0. The third-order valence-electron chi connectivity index (χ3n) is 3.47. The number of nitrogens with two attached hydrogens (primary N) is 1. The van der Waals surface area contributed by atoms with Crippen LogP contribution >= 0.6 is 0 Å². The molecule has 22 heavy (non-hydrogen) atoms. The van der Waals surface area contributed by atoms with Crippen LogP contribution in [-0.2, 0) is 9.59 Å². The molecule has 0 saturated carbocycles. The van der Waals surface area contributed by atoms with Gasteiger partial charge in [0.2, 0.25) is 11.8 Å². The van der Waals surface area contributed by atoms with Gasteiger partial charge in [-0.15, -0.1) is 0 Å². The zero-order chi connectivity index (χ0) is 16.5. The highest BCUT2D eigenvalue weighted by molar-refractivity contribution is 5.86. The van der Waals surface area contributed by atoms with E-state index in [1.165, 1.54) is 24.3 Å². The summed E-state index contributed by atoms with van der Waals surface area (Å²) in [6.07, 6.45) is 1.48. The van der Waals surface area contributed by atoms with E-state index in [9.17, 15) is 14.0 Å². The Hall–Kier alpha value is -2.11. The van der Waals surface area contributed by atoms with Gasteiger partial charge in [0.05, 0.1) is 6.61 Å². The number of ether oxygens (including phenoxy) is 1. The quantitative estimate of drug-likeness (QED) is 0.684. The number of carbonyl (C=O) groups is 2. The molecular formula is C16H23FN2O3. The minimum atomic E-state index is -0.643. The van der Waals surface area contributed by atoms with Gasteiger partial charge in [0, 0.05) is 6.42 Å². The summed E-state index contributed by atoms with van der Waals surface area (Å²) >= 11 is 0. The molecule has 2 atom stereocenters. The molecule has 2 amide bonds. The summed E-state index contributed by atoms with van der Waals surface area (Å²) in [7, 11) is 0. The second-order valence-corrected chi connectivity index (χ2v) is 5.24. The van der Waals surface area contributed by atoms with Crippen molar-refractivity contribution in [1.29, 1.82) is 0 Å². The van der Waals surface area contributed by atoms with E-state index in [0.717, 1.165) is 6.42 Å². The molecule has 5 nitrogen and oxygen atoms in total. The van der Waals surface area contributed by atoms with Crippen LogP contribution in [0.4, 0.5) is 4.39 Å². The van der Waals surface area contributed by atoms with Crippen molar-refractivity contribution in [1.82, 2.24) is 5.32 Å². The molecule has 0 radical (unpaired) electrons. The second-order valence-electron chi connectivity index (χ2n) is 5.24. The number of benzene rings is 1. The Morgan fingerprint density at radius 3 is 2.50 bits per heavy atom. The molecule has 0 aliphatic rings. The fourth-order valence-electron chi connectivity index (χ4n) is 1.93. The summed E-state index contributed by atoms with van der Waals surface area (Å²) in [5.41, 5.74) is 5.30. The van der Waals surface area contributed by atoms with Crippen molar-refractivity contribution in [3.05, 3.63) is 30.1 Å². The van der Waals surface area contributed by atoms with Crippen LogP contribution in [0.2, 0.25) is 0 Å². The van der Waals surface area contributed by atoms with Crippen LogP contribution in [0.1, 0.15) is 33.1 Å². The standard InChI is InChI=1S/C16H23FN2O3/c1-3-11(2)15(16(18)21)19-14(20)5-4-10-22-13-8-6-12(17)7-9-13/h6-9,11,15H,3-5,10H2,1-2H3,(H2,18,21)(H,19,20). The van der Waals surface area contributed by atoms with Crippen molar-refractivity contribution in [2.24, 2.45) is 11.7 Å². The minimum Gasteiger partial charge on any atom is -0.494 e. The Kier molecular flexibility index (Phi) is 7.36. The molecule has 0 aromatic heterocycles. The zero-order valence-corrected chi connectivity index (χ0v) is 13.0. The average molecular weight is 310 g/mol. The third kappa shape index (κ3) is 6.11. The second kappa shape index (κ2) is 9.02. The number of carbonyl (C=O) groups excluding carboxylic acids is 2. The third-order valence-corrected chi connectivity index (χ3v) is 3.47. The Morgan fingerprint density at radius 1 is 1.32 bits per heavy atom. The highest BCUT2D eigenvalue weighted by Crippen LogP contribution is 2.12. The molecule has 1 rings (SSSR count). The van der Waals surface area contributed by atoms with Crippen molar-refractivity contribution < 1.29 is 18.7 Å². The van der Waals surface area contributed by atoms with Crippen molar-refractivity contribution >= 4 is 11.8 Å². The number of hydrogen-bond donors (Lipinski definition) is 2. The van der Waals surface area contributed by atoms with Gasteiger partial charge in [-0.2, -0.15) is 0 Å². The van der Waals surface area contributed by atoms with Gasteiger partial charge in [-0.05, 0) is 36.6 Å². The molecule has 0 aliphatic carbocycles. The Morgan fingerprint density at radius 2 is 1.95 bits per heavy atom. The fraction of sp³-hybridized carbons (Fsp3) is 0.500. The Labute approximate surface area is 130 Å². The summed E-state index contributed by atoms with van der Waals surface area (Å²) < 4.78 is 18.1. The van der Waals surface area contributed by atoms with Crippen LogP contribution in [0.3, 0.4) is 0 Å². The van der Waals surface area contributed by atoms with E-state index in [1.807, 2.05) is 13.8 Å². The van der Waals surface area contributed by atoms with Gasteiger partial charge in [-0.1, -0.05) is 20.3 Å². The number of hydrogen-bond acceptors (Lipinski definition) is 3. The normalized spacial score (nSPS) is 13.2. The van der Waals surface area contributed by atoms with E-state index in [0.29, 0.717) is 18.8 Å². The van der Waals surface area contributed by atoms with Gasteiger partial charge in [0.25, 0.3) is 0 Å². The van der Waals surface area contributed by atoms with E-state index in [1.54, 1.807) is 0 Å². The van der Waals surface area contributed by atoms with Gasteiger partial charge >= 0.3 is 0 Å². The molecule has 122 valence electrons. The number of halogens is 1. The summed E-state index contributed by atoms with van der Waals surface area (Å²) in [4.78, 5) is 23.1. The predicted molar refractivity (Wildman–Crippen MR) is 81.7 cm³/mol. The predicted octanol–water partition coefficient (Wildman–Crippen LogP) is 2.00. The Balaban J connectivity index is 2.30. The van der Waals surface area contributed by atoms with E-state index in [-0.39, 0.29) is 24.1 Å². The first kappa shape index (κ1) is 17.9. The lowest BCUT2D eigenvalue weighted by molar-refractivity contribution is -0.128. The molecule has 0 bridgehead atoms. The molecule has 0 saturated heterocycles. The average Bonchev–Trinajstić information content (AvgIpc) is 2.50. The highest BCUT2D eigenvalue weighted by atomic mass is 19.1. The largest absolute Gasteiger partial charge is 0.494 e. The lowest BCUT2D eigenvalue weighted by Gasteiger charge is -2.21. The van der Waals surface area contributed by atoms with Gasteiger partial charge in [-0.3, -0.25) is 9.59 Å². The van der Waals surface area contributed by atoms with Crippen LogP contribution in [0.5, 0.6) is 5.75 Å². The van der Waals surface area contributed by atoms with E-state index >= 15 is 0 Å². The summed E-state index contributed by atoms with van der Waals surface area (Å²) in [5.74, 6) is -0.528. The first-order chi connectivity index (χ1) is 10.4.